The van der Waals surface area contributed by atoms with Gasteiger partial charge in [0.15, 0.2) is 6.20 Å². The third-order valence-corrected chi connectivity index (χ3v) is 7.82. The minimum absolute atomic E-state index is 0.159. The van der Waals surface area contributed by atoms with E-state index in [2.05, 4.69) is 62.8 Å². The van der Waals surface area contributed by atoms with E-state index in [1.807, 2.05) is 18.2 Å². The fraction of sp³-hybridized carbons (Fsp3) is 0.148. The lowest BCUT2D eigenvalue weighted by molar-refractivity contribution is -0.659. The van der Waals surface area contributed by atoms with Crippen molar-refractivity contribution in [1.82, 2.24) is 0 Å². The summed E-state index contributed by atoms with van der Waals surface area (Å²) in [5.41, 5.74) is 6.43. The molecular weight excluding hydrogens is 389 g/mol. The van der Waals surface area contributed by atoms with Crippen molar-refractivity contribution < 1.29 is 8.96 Å². The van der Waals surface area contributed by atoms with E-state index in [9.17, 15) is 4.39 Å². The van der Waals surface area contributed by atoms with Crippen LogP contribution in [0.1, 0.15) is 16.7 Å². The molecule has 0 saturated heterocycles. The van der Waals surface area contributed by atoms with Crippen molar-refractivity contribution in [3.05, 3.63) is 77.2 Å². The number of fused-ring (bicyclic) bond motifs is 5. The first-order chi connectivity index (χ1) is 14.5. The van der Waals surface area contributed by atoms with E-state index < -0.39 is 0 Å². The highest BCUT2D eigenvalue weighted by molar-refractivity contribution is 8.00. The molecule has 1 nitrogen and oxygen atoms in total. The lowest BCUT2D eigenvalue weighted by Crippen LogP contribution is -2.32. The zero-order chi connectivity index (χ0) is 20.7. The van der Waals surface area contributed by atoms with Crippen LogP contribution in [0.25, 0.3) is 43.6 Å². The molecule has 0 N–H and O–H groups in total. The number of rotatable bonds is 0. The quantitative estimate of drug-likeness (QED) is 0.190. The van der Waals surface area contributed by atoms with E-state index in [1.165, 1.54) is 49.0 Å². The summed E-state index contributed by atoms with van der Waals surface area (Å²) in [6.45, 7) is 6.61. The van der Waals surface area contributed by atoms with Gasteiger partial charge in [-0.15, -0.1) is 0 Å². The average molecular weight is 411 g/mol. The highest BCUT2D eigenvalue weighted by atomic mass is 32.2. The van der Waals surface area contributed by atoms with Crippen molar-refractivity contribution in [3.63, 3.8) is 0 Å². The zero-order valence-electron chi connectivity index (χ0n) is 17.4. The highest BCUT2D eigenvalue weighted by Gasteiger charge is 2.31. The molecule has 3 heteroatoms. The van der Waals surface area contributed by atoms with Crippen LogP contribution in [0.15, 0.2) is 64.5 Å². The van der Waals surface area contributed by atoms with Gasteiger partial charge in [-0.1, -0.05) is 47.7 Å². The third-order valence-electron chi connectivity index (χ3n) is 6.56. The average Bonchev–Trinajstić information content (AvgIpc) is 2.74. The monoisotopic (exact) mass is 410 g/mol. The zero-order valence-corrected chi connectivity index (χ0v) is 18.2. The molecule has 0 spiro atoms. The molecule has 30 heavy (non-hydrogen) atoms. The molecule has 0 unspecified atom stereocenters. The Morgan fingerprint density at radius 2 is 1.63 bits per heavy atom. The molecule has 1 aliphatic heterocycles. The molecule has 0 atom stereocenters. The summed E-state index contributed by atoms with van der Waals surface area (Å²) < 4.78 is 16.9. The molecule has 2 heterocycles. The van der Waals surface area contributed by atoms with Gasteiger partial charge in [-0.3, -0.25) is 0 Å². The van der Waals surface area contributed by atoms with Crippen LogP contribution in [0.4, 0.5) is 4.39 Å². The molecular formula is C27H21FNS+. The first-order valence-electron chi connectivity index (χ1n) is 10.2. The SMILES string of the molecule is Cc1ccc2c(C)c3c(c(C)c2c1)-c1c2c(cc4c(F)cccc4c2cc[n+]1C)S3. The van der Waals surface area contributed by atoms with Crippen molar-refractivity contribution in [2.75, 3.05) is 0 Å². The summed E-state index contributed by atoms with van der Waals surface area (Å²) in [6.07, 6.45) is 2.11. The Bertz CT molecular complexity index is 1570. The van der Waals surface area contributed by atoms with E-state index >= 15 is 0 Å². The van der Waals surface area contributed by atoms with Crippen LogP contribution >= 0.6 is 11.8 Å². The first kappa shape index (κ1) is 17.9. The van der Waals surface area contributed by atoms with Gasteiger partial charge in [-0.05, 0) is 60.2 Å². The van der Waals surface area contributed by atoms with Crippen molar-refractivity contribution in [2.24, 2.45) is 7.05 Å². The number of benzene rings is 4. The molecule has 4 aromatic carbocycles. The fourth-order valence-electron chi connectivity index (χ4n) is 5.06. The van der Waals surface area contributed by atoms with Crippen LogP contribution in [-0.4, -0.2) is 0 Å². The van der Waals surface area contributed by atoms with E-state index in [0.717, 1.165) is 15.7 Å². The number of nitrogens with zero attached hydrogens (tertiary/aromatic N) is 1. The second kappa shape index (κ2) is 6.05. The smallest absolute Gasteiger partial charge is 0.206 e. The molecule has 0 fully saturated rings. The van der Waals surface area contributed by atoms with Gasteiger partial charge in [-0.2, -0.15) is 0 Å². The Balaban J connectivity index is 1.86. The third kappa shape index (κ3) is 2.21. The lowest BCUT2D eigenvalue weighted by atomic mass is 9.90. The van der Waals surface area contributed by atoms with Crippen molar-refractivity contribution in [3.8, 4) is 11.3 Å². The molecule has 0 saturated carbocycles. The largest absolute Gasteiger partial charge is 0.222 e. The van der Waals surface area contributed by atoms with Gasteiger partial charge in [0.05, 0.1) is 10.9 Å². The van der Waals surface area contributed by atoms with E-state index in [4.69, 9.17) is 0 Å². The molecule has 0 amide bonds. The van der Waals surface area contributed by atoms with Crippen molar-refractivity contribution in [2.45, 2.75) is 30.6 Å². The maximum Gasteiger partial charge on any atom is 0.222 e. The molecule has 0 bridgehead atoms. The van der Waals surface area contributed by atoms with Crippen LogP contribution < -0.4 is 4.57 Å². The van der Waals surface area contributed by atoms with Gasteiger partial charge in [0.2, 0.25) is 5.69 Å². The van der Waals surface area contributed by atoms with Crippen LogP contribution in [0.5, 0.6) is 0 Å². The van der Waals surface area contributed by atoms with Gasteiger partial charge in [0, 0.05) is 26.6 Å². The molecule has 6 rings (SSSR count). The molecule has 146 valence electrons. The second-order valence-corrected chi connectivity index (χ2v) is 9.43. The number of hydrogen-bond acceptors (Lipinski definition) is 1. The predicted molar refractivity (Wildman–Crippen MR) is 124 cm³/mol. The summed E-state index contributed by atoms with van der Waals surface area (Å²) in [5.74, 6) is -0.159. The Morgan fingerprint density at radius 1 is 0.800 bits per heavy atom. The van der Waals surface area contributed by atoms with E-state index in [0.29, 0.717) is 5.39 Å². The number of pyridine rings is 1. The summed E-state index contributed by atoms with van der Waals surface area (Å²) in [7, 11) is 2.11. The lowest BCUT2D eigenvalue weighted by Gasteiger charge is -2.24. The summed E-state index contributed by atoms with van der Waals surface area (Å²) in [6, 6.07) is 16.3. The normalized spacial score (nSPS) is 12.7. The Hall–Kier alpha value is -2.91. The molecule has 5 aromatic rings. The Kier molecular flexibility index (Phi) is 3.61. The van der Waals surface area contributed by atoms with E-state index in [-0.39, 0.29) is 5.82 Å². The summed E-state index contributed by atoms with van der Waals surface area (Å²) in [5, 5.41) is 6.64. The topological polar surface area (TPSA) is 3.88 Å². The second-order valence-electron chi connectivity index (χ2n) is 8.38. The number of halogens is 1. The Morgan fingerprint density at radius 3 is 2.47 bits per heavy atom. The Labute approximate surface area is 179 Å². The van der Waals surface area contributed by atoms with Crippen LogP contribution in [-0.2, 0) is 7.05 Å². The summed E-state index contributed by atoms with van der Waals surface area (Å²) in [4.78, 5) is 2.42. The predicted octanol–water partition coefficient (Wildman–Crippen LogP) is 7.17. The number of aromatic nitrogens is 1. The van der Waals surface area contributed by atoms with Gasteiger partial charge >= 0.3 is 0 Å². The number of aryl methyl sites for hydroxylation is 4. The molecule has 1 aromatic heterocycles. The fourth-order valence-corrected chi connectivity index (χ4v) is 6.38. The van der Waals surface area contributed by atoms with Gasteiger partial charge < -0.3 is 0 Å². The van der Waals surface area contributed by atoms with Crippen LogP contribution in [0.3, 0.4) is 0 Å². The standard InChI is InChI=1S/C27H21FNS/c1-14-8-9-17-16(3)27-24(15(2)20(17)12-14)26-25-19(10-11-29(26)4)18-6-5-7-22(28)21(18)13-23(25)30-27/h5-13H,1-4H3/q+1. The van der Waals surface area contributed by atoms with E-state index in [1.54, 1.807) is 17.8 Å². The molecule has 0 aliphatic carbocycles. The van der Waals surface area contributed by atoms with Crippen molar-refractivity contribution >= 4 is 44.1 Å². The van der Waals surface area contributed by atoms with Gasteiger partial charge in [0.25, 0.3) is 0 Å². The minimum Gasteiger partial charge on any atom is -0.206 e. The highest BCUT2D eigenvalue weighted by Crippen LogP contribution is 2.52. The summed E-state index contributed by atoms with van der Waals surface area (Å²) >= 11 is 1.79. The number of hydrogen-bond donors (Lipinski definition) is 0. The molecule has 0 radical (unpaired) electrons. The van der Waals surface area contributed by atoms with Crippen LogP contribution in [0.2, 0.25) is 0 Å². The molecule has 1 aliphatic rings. The van der Waals surface area contributed by atoms with Gasteiger partial charge in [-0.25, -0.2) is 8.96 Å². The van der Waals surface area contributed by atoms with Gasteiger partial charge in [0.1, 0.15) is 12.9 Å². The maximum absolute atomic E-state index is 14.7. The minimum atomic E-state index is -0.159. The maximum atomic E-state index is 14.7. The van der Waals surface area contributed by atoms with Crippen LogP contribution in [0, 0.1) is 26.6 Å². The first-order valence-corrected chi connectivity index (χ1v) is 11.0. The van der Waals surface area contributed by atoms with Crippen molar-refractivity contribution in [1.29, 1.82) is 0 Å².